The standard InChI is InChI=1S/C14H20ClFN2S/c1-9-7-18(8-10(2)19-9)14(6-17)12-5-11(15)3-4-13(12)16/h3-5,9-10,14H,6-8,17H2,1-2H3. The number of nitrogens with zero attached hydrogens (tertiary/aromatic N) is 1. The first-order valence-corrected chi connectivity index (χ1v) is 7.88. The van der Waals surface area contributed by atoms with Crippen LogP contribution in [0, 0.1) is 5.82 Å². The first kappa shape index (κ1) is 15.1. The highest BCUT2D eigenvalue weighted by molar-refractivity contribution is 8.00. The number of benzene rings is 1. The van der Waals surface area contributed by atoms with E-state index in [-0.39, 0.29) is 11.9 Å². The summed E-state index contributed by atoms with van der Waals surface area (Å²) < 4.78 is 14.0. The van der Waals surface area contributed by atoms with Gasteiger partial charge in [0, 0.05) is 40.7 Å². The number of thioether (sulfide) groups is 1. The van der Waals surface area contributed by atoms with Gasteiger partial charge in [0.2, 0.25) is 0 Å². The van der Waals surface area contributed by atoms with E-state index in [1.54, 1.807) is 12.1 Å². The van der Waals surface area contributed by atoms with Crippen molar-refractivity contribution in [2.24, 2.45) is 5.73 Å². The molecule has 1 aromatic rings. The van der Waals surface area contributed by atoms with E-state index >= 15 is 0 Å². The van der Waals surface area contributed by atoms with Crippen LogP contribution < -0.4 is 5.73 Å². The highest BCUT2D eigenvalue weighted by atomic mass is 35.5. The zero-order chi connectivity index (χ0) is 14.0. The number of nitrogens with two attached hydrogens (primary N) is 1. The molecule has 0 bridgehead atoms. The fourth-order valence-corrected chi connectivity index (χ4v) is 4.24. The van der Waals surface area contributed by atoms with E-state index in [2.05, 4.69) is 18.7 Å². The lowest BCUT2D eigenvalue weighted by molar-refractivity contribution is 0.195. The average Bonchev–Trinajstić information content (AvgIpc) is 2.33. The van der Waals surface area contributed by atoms with Crippen LogP contribution in [0.1, 0.15) is 25.5 Å². The summed E-state index contributed by atoms with van der Waals surface area (Å²) in [6, 6.07) is 4.60. The molecule has 0 radical (unpaired) electrons. The van der Waals surface area contributed by atoms with Crippen LogP contribution in [0.3, 0.4) is 0 Å². The van der Waals surface area contributed by atoms with Crippen molar-refractivity contribution < 1.29 is 4.39 Å². The first-order chi connectivity index (χ1) is 9.01. The minimum atomic E-state index is -0.224. The molecule has 1 aliphatic rings. The Kier molecular flexibility index (Phi) is 5.12. The molecular formula is C14H20ClFN2S. The monoisotopic (exact) mass is 302 g/mol. The summed E-state index contributed by atoms with van der Waals surface area (Å²) in [5.41, 5.74) is 6.50. The molecule has 0 aromatic heterocycles. The van der Waals surface area contributed by atoms with Crippen LogP contribution in [0.5, 0.6) is 0 Å². The number of rotatable bonds is 3. The summed E-state index contributed by atoms with van der Waals surface area (Å²) in [7, 11) is 0. The van der Waals surface area contributed by atoms with Crippen LogP contribution in [0.2, 0.25) is 5.02 Å². The molecule has 0 amide bonds. The highest BCUT2D eigenvalue weighted by Crippen LogP contribution is 2.32. The van der Waals surface area contributed by atoms with E-state index < -0.39 is 0 Å². The summed E-state index contributed by atoms with van der Waals surface area (Å²) >= 11 is 7.96. The Morgan fingerprint density at radius 2 is 2.05 bits per heavy atom. The van der Waals surface area contributed by atoms with Gasteiger partial charge in [-0.25, -0.2) is 4.39 Å². The van der Waals surface area contributed by atoms with Gasteiger partial charge in [-0.1, -0.05) is 25.4 Å². The zero-order valence-corrected chi connectivity index (χ0v) is 12.8. The third-order valence-electron chi connectivity index (χ3n) is 3.43. The topological polar surface area (TPSA) is 29.3 Å². The fourth-order valence-electron chi connectivity index (χ4n) is 2.71. The maximum atomic E-state index is 14.0. The van der Waals surface area contributed by atoms with Crippen molar-refractivity contribution in [1.82, 2.24) is 4.90 Å². The lowest BCUT2D eigenvalue weighted by Crippen LogP contribution is -2.45. The Bertz CT molecular complexity index is 433. The van der Waals surface area contributed by atoms with E-state index in [1.807, 2.05) is 11.8 Å². The largest absolute Gasteiger partial charge is 0.329 e. The van der Waals surface area contributed by atoms with E-state index in [0.717, 1.165) is 13.1 Å². The molecule has 1 heterocycles. The molecule has 0 spiro atoms. The van der Waals surface area contributed by atoms with Crippen LogP contribution in [0.25, 0.3) is 0 Å². The minimum Gasteiger partial charge on any atom is -0.329 e. The molecule has 3 atom stereocenters. The molecule has 2 rings (SSSR count). The van der Waals surface area contributed by atoms with Crippen molar-refractivity contribution in [3.8, 4) is 0 Å². The Labute approximate surface area is 123 Å². The molecule has 106 valence electrons. The van der Waals surface area contributed by atoms with Crippen LogP contribution in [0.15, 0.2) is 18.2 Å². The van der Waals surface area contributed by atoms with Gasteiger partial charge in [0.1, 0.15) is 5.82 Å². The van der Waals surface area contributed by atoms with Crippen molar-refractivity contribution >= 4 is 23.4 Å². The van der Waals surface area contributed by atoms with Gasteiger partial charge in [0.05, 0.1) is 6.04 Å². The smallest absolute Gasteiger partial charge is 0.128 e. The van der Waals surface area contributed by atoms with Gasteiger partial charge in [0.15, 0.2) is 0 Å². The molecule has 2 N–H and O–H groups in total. The van der Waals surface area contributed by atoms with Gasteiger partial charge < -0.3 is 5.73 Å². The average molecular weight is 303 g/mol. The second-order valence-electron chi connectivity index (χ2n) is 5.13. The molecule has 1 saturated heterocycles. The van der Waals surface area contributed by atoms with Crippen molar-refractivity contribution in [3.05, 3.63) is 34.6 Å². The van der Waals surface area contributed by atoms with E-state index in [0.29, 0.717) is 27.6 Å². The van der Waals surface area contributed by atoms with Crippen LogP contribution in [-0.2, 0) is 0 Å². The molecule has 1 aliphatic heterocycles. The molecule has 19 heavy (non-hydrogen) atoms. The molecule has 5 heteroatoms. The van der Waals surface area contributed by atoms with Crippen LogP contribution in [0.4, 0.5) is 4.39 Å². The third kappa shape index (κ3) is 3.63. The number of hydrogen-bond acceptors (Lipinski definition) is 3. The van der Waals surface area contributed by atoms with Crippen LogP contribution >= 0.6 is 23.4 Å². The summed E-state index contributed by atoms with van der Waals surface area (Å²) in [4.78, 5) is 2.28. The van der Waals surface area contributed by atoms with Gasteiger partial charge >= 0.3 is 0 Å². The molecule has 2 nitrogen and oxygen atoms in total. The van der Waals surface area contributed by atoms with E-state index in [9.17, 15) is 4.39 Å². The van der Waals surface area contributed by atoms with Gasteiger partial charge in [-0.3, -0.25) is 4.90 Å². The molecular weight excluding hydrogens is 283 g/mol. The quantitative estimate of drug-likeness (QED) is 0.929. The molecule has 1 aromatic carbocycles. The summed E-state index contributed by atoms with van der Waals surface area (Å²) in [6.45, 7) is 6.68. The maximum Gasteiger partial charge on any atom is 0.128 e. The zero-order valence-electron chi connectivity index (χ0n) is 11.3. The molecule has 0 aliphatic carbocycles. The van der Waals surface area contributed by atoms with E-state index in [4.69, 9.17) is 17.3 Å². The SMILES string of the molecule is CC1CN(C(CN)c2cc(Cl)ccc2F)CC(C)S1. The predicted molar refractivity (Wildman–Crippen MR) is 81.3 cm³/mol. The van der Waals surface area contributed by atoms with Gasteiger partial charge in [-0.2, -0.15) is 11.8 Å². The lowest BCUT2D eigenvalue weighted by atomic mass is 10.0. The summed E-state index contributed by atoms with van der Waals surface area (Å²) in [5.74, 6) is -0.224. The van der Waals surface area contributed by atoms with Crippen molar-refractivity contribution in [2.75, 3.05) is 19.6 Å². The maximum absolute atomic E-state index is 14.0. The van der Waals surface area contributed by atoms with E-state index in [1.165, 1.54) is 6.07 Å². The van der Waals surface area contributed by atoms with Crippen molar-refractivity contribution in [1.29, 1.82) is 0 Å². The Morgan fingerprint density at radius 1 is 1.42 bits per heavy atom. The molecule has 3 unspecified atom stereocenters. The Morgan fingerprint density at radius 3 is 2.63 bits per heavy atom. The number of halogens is 2. The normalized spacial score (nSPS) is 26.4. The summed E-state index contributed by atoms with van der Waals surface area (Å²) in [5, 5.41) is 1.64. The lowest BCUT2D eigenvalue weighted by Gasteiger charge is -2.39. The van der Waals surface area contributed by atoms with Gasteiger partial charge in [-0.05, 0) is 18.2 Å². The number of hydrogen-bond donors (Lipinski definition) is 1. The van der Waals surface area contributed by atoms with Gasteiger partial charge in [0.25, 0.3) is 0 Å². The predicted octanol–water partition coefficient (Wildman–Crippen LogP) is 3.30. The van der Waals surface area contributed by atoms with Crippen molar-refractivity contribution in [3.63, 3.8) is 0 Å². The Balaban J connectivity index is 2.26. The minimum absolute atomic E-state index is 0.0931. The molecule has 1 fully saturated rings. The highest BCUT2D eigenvalue weighted by Gasteiger charge is 2.29. The summed E-state index contributed by atoms with van der Waals surface area (Å²) in [6.07, 6.45) is 0. The van der Waals surface area contributed by atoms with Crippen LogP contribution in [-0.4, -0.2) is 35.0 Å². The molecule has 0 saturated carbocycles. The first-order valence-electron chi connectivity index (χ1n) is 6.55. The Hall–Kier alpha value is -0.290. The second-order valence-corrected chi connectivity index (χ2v) is 7.45. The van der Waals surface area contributed by atoms with Gasteiger partial charge in [-0.15, -0.1) is 0 Å². The second kappa shape index (κ2) is 6.44. The fraction of sp³-hybridized carbons (Fsp3) is 0.571. The van der Waals surface area contributed by atoms with Crippen molar-refractivity contribution in [2.45, 2.75) is 30.4 Å². The third-order valence-corrected chi connectivity index (χ3v) is 4.89.